The molecule has 0 spiro atoms. The van der Waals surface area contributed by atoms with Crippen LogP contribution in [0, 0.1) is 10.4 Å². The van der Waals surface area contributed by atoms with Crippen molar-refractivity contribution in [1.29, 1.82) is 0 Å². The summed E-state index contributed by atoms with van der Waals surface area (Å²) < 4.78 is 8.60. The van der Waals surface area contributed by atoms with Crippen molar-refractivity contribution in [1.82, 2.24) is 0 Å². The molecule has 0 bridgehead atoms. The highest BCUT2D eigenvalue weighted by molar-refractivity contribution is 6.07. The SMILES string of the molecule is O=c1oc(=O)c2c(=O)c(=O)c(-c3c(O)c(O)c4c(O)oc(O)c4c3O)c(O)c1=2. The normalized spacial score (nSPS) is 11.6. The molecule has 0 amide bonds. The number of furan rings is 1. The number of aromatic hydroxyl groups is 6. The average Bonchev–Trinajstić information content (AvgIpc) is 3.09. The molecule has 2 heterocycles. The molecule has 1 aliphatic heterocycles. The molecule has 1 aromatic carbocycles. The second kappa shape index (κ2) is 5.03. The highest BCUT2D eigenvalue weighted by Crippen LogP contribution is 2.55. The van der Waals surface area contributed by atoms with E-state index >= 15 is 0 Å². The van der Waals surface area contributed by atoms with Gasteiger partial charge in [0.25, 0.3) is 11.9 Å². The zero-order valence-electron chi connectivity index (χ0n) is 13.1. The molecule has 0 saturated heterocycles. The van der Waals surface area contributed by atoms with E-state index in [1.54, 1.807) is 0 Å². The van der Waals surface area contributed by atoms with Gasteiger partial charge >= 0.3 is 11.3 Å². The summed E-state index contributed by atoms with van der Waals surface area (Å²) in [6, 6.07) is 0. The molecule has 0 unspecified atom stereocenters. The van der Waals surface area contributed by atoms with E-state index < -0.39 is 89.3 Å². The van der Waals surface area contributed by atoms with Gasteiger partial charge in [-0.25, -0.2) is 9.59 Å². The molecule has 12 heteroatoms. The van der Waals surface area contributed by atoms with Crippen LogP contribution >= 0.6 is 0 Å². The fourth-order valence-corrected chi connectivity index (χ4v) is 3.06. The molecule has 28 heavy (non-hydrogen) atoms. The third-order valence-corrected chi connectivity index (χ3v) is 4.27. The summed E-state index contributed by atoms with van der Waals surface area (Å²) in [6.07, 6.45) is 0. The molecule has 2 aliphatic rings. The van der Waals surface area contributed by atoms with E-state index in [4.69, 9.17) is 0 Å². The van der Waals surface area contributed by atoms with Crippen LogP contribution in [-0.4, -0.2) is 30.6 Å². The molecule has 1 aliphatic carbocycles. The lowest BCUT2D eigenvalue weighted by molar-refractivity contribution is 0.269. The first-order valence-corrected chi connectivity index (χ1v) is 7.22. The monoisotopic (exact) mass is 390 g/mol. The minimum absolute atomic E-state index is 0.735. The van der Waals surface area contributed by atoms with Gasteiger partial charge in [-0.3, -0.25) is 9.59 Å². The summed E-state index contributed by atoms with van der Waals surface area (Å²) in [4.78, 5) is 47.9. The topological polar surface area (TPSA) is 216 Å². The predicted octanol–water partition coefficient (Wildman–Crippen LogP) is -1.03. The lowest BCUT2D eigenvalue weighted by Crippen LogP contribution is -2.29. The predicted molar refractivity (Wildman–Crippen MR) is 86.7 cm³/mol. The van der Waals surface area contributed by atoms with Crippen molar-refractivity contribution < 1.29 is 39.5 Å². The number of fused-ring (bicyclic) bond motifs is 1. The Bertz CT molecular complexity index is 1590. The Balaban J connectivity index is 2.35. The van der Waals surface area contributed by atoms with Crippen molar-refractivity contribution in [2.45, 2.75) is 0 Å². The quantitative estimate of drug-likeness (QED) is 0.131. The van der Waals surface area contributed by atoms with Crippen LogP contribution in [-0.2, 0) is 0 Å². The molecular weight excluding hydrogens is 384 g/mol. The van der Waals surface area contributed by atoms with Crippen LogP contribution in [0.2, 0.25) is 0 Å². The molecular formula is C16H6O12. The van der Waals surface area contributed by atoms with E-state index in [1.165, 1.54) is 0 Å². The summed E-state index contributed by atoms with van der Waals surface area (Å²) in [7, 11) is 0. The first-order valence-electron chi connectivity index (χ1n) is 7.22. The molecule has 142 valence electrons. The summed E-state index contributed by atoms with van der Waals surface area (Å²) in [5.41, 5.74) is -8.33. The first-order chi connectivity index (χ1) is 13.1. The third-order valence-electron chi connectivity index (χ3n) is 4.27. The summed E-state index contributed by atoms with van der Waals surface area (Å²) in [6.45, 7) is 0. The highest BCUT2D eigenvalue weighted by Gasteiger charge is 2.32. The van der Waals surface area contributed by atoms with Gasteiger partial charge in [-0.05, 0) is 0 Å². The number of benzene rings is 1. The van der Waals surface area contributed by atoms with Gasteiger partial charge in [0.1, 0.15) is 32.7 Å². The molecule has 0 atom stereocenters. The highest BCUT2D eigenvalue weighted by atomic mass is 16.5. The minimum Gasteiger partial charge on any atom is -0.506 e. The maximum atomic E-state index is 12.4. The molecule has 0 fully saturated rings. The number of phenolic OH excluding ortho intramolecular Hbond substituents is 3. The van der Waals surface area contributed by atoms with E-state index in [9.17, 15) is 49.8 Å². The van der Waals surface area contributed by atoms with Crippen LogP contribution in [0.1, 0.15) is 0 Å². The maximum Gasteiger partial charge on any atom is 0.351 e. The Hall–Kier alpha value is -4.48. The van der Waals surface area contributed by atoms with Gasteiger partial charge in [0, 0.05) is 0 Å². The number of hydrogen-bond donors (Lipinski definition) is 6. The first kappa shape index (κ1) is 17.0. The Kier molecular flexibility index (Phi) is 3.05. The Morgan fingerprint density at radius 1 is 0.500 bits per heavy atom. The summed E-state index contributed by atoms with van der Waals surface area (Å²) >= 11 is 0. The third kappa shape index (κ3) is 1.77. The second-order valence-corrected chi connectivity index (χ2v) is 5.69. The van der Waals surface area contributed by atoms with Gasteiger partial charge in [0.15, 0.2) is 11.5 Å². The molecule has 1 aromatic heterocycles. The number of rotatable bonds is 1. The van der Waals surface area contributed by atoms with Crippen LogP contribution < -0.4 is 22.1 Å². The Morgan fingerprint density at radius 2 is 1.04 bits per heavy atom. The Morgan fingerprint density at radius 3 is 1.64 bits per heavy atom. The second-order valence-electron chi connectivity index (χ2n) is 5.69. The zero-order chi connectivity index (χ0) is 20.7. The molecule has 12 nitrogen and oxygen atoms in total. The largest absolute Gasteiger partial charge is 0.506 e. The molecule has 4 rings (SSSR count). The van der Waals surface area contributed by atoms with E-state index in [-0.39, 0.29) is 0 Å². The van der Waals surface area contributed by atoms with Gasteiger partial charge in [0.05, 0.1) is 11.1 Å². The van der Waals surface area contributed by atoms with E-state index in [2.05, 4.69) is 8.83 Å². The summed E-state index contributed by atoms with van der Waals surface area (Å²) in [5.74, 6) is -7.18. The lowest BCUT2D eigenvalue weighted by atomic mass is 9.96. The maximum absolute atomic E-state index is 12.4. The zero-order valence-corrected chi connectivity index (χ0v) is 13.1. The van der Waals surface area contributed by atoms with Gasteiger partial charge in [-0.15, -0.1) is 0 Å². The minimum atomic E-state index is -1.63. The van der Waals surface area contributed by atoms with Crippen molar-refractivity contribution >= 4 is 10.8 Å². The summed E-state index contributed by atoms with van der Waals surface area (Å²) in [5, 5.41) is 56.7. The van der Waals surface area contributed by atoms with Gasteiger partial charge in [-0.1, -0.05) is 0 Å². The van der Waals surface area contributed by atoms with Crippen LogP contribution in [0.15, 0.2) is 28.0 Å². The van der Waals surface area contributed by atoms with E-state index in [1.807, 2.05) is 0 Å². The van der Waals surface area contributed by atoms with Crippen LogP contribution in [0.25, 0.3) is 21.9 Å². The van der Waals surface area contributed by atoms with Crippen molar-refractivity contribution in [3.63, 3.8) is 0 Å². The van der Waals surface area contributed by atoms with Crippen LogP contribution in [0.4, 0.5) is 0 Å². The van der Waals surface area contributed by atoms with Crippen molar-refractivity contribution in [2.24, 2.45) is 0 Å². The number of phenols is 3. The Labute approximate surface area is 149 Å². The standard InChI is InChI=1S/C16H6O12/c17-7-1(9(19)11(21)5-3(7)13(23)27-15(5)25)2-8(18)4-6(12(22)10(2)20)16(26)28-14(4)24/h17-19,21,23,25H. The van der Waals surface area contributed by atoms with E-state index in [0.717, 1.165) is 0 Å². The van der Waals surface area contributed by atoms with Crippen molar-refractivity contribution in [3.8, 4) is 46.0 Å². The molecule has 6 N–H and O–H groups in total. The lowest BCUT2D eigenvalue weighted by Gasteiger charge is -2.11. The van der Waals surface area contributed by atoms with Gasteiger partial charge < -0.3 is 39.5 Å². The smallest absolute Gasteiger partial charge is 0.351 e. The molecule has 0 saturated carbocycles. The van der Waals surface area contributed by atoms with Gasteiger partial charge in [0.2, 0.25) is 10.9 Å². The fourth-order valence-electron chi connectivity index (χ4n) is 3.06. The average molecular weight is 390 g/mol. The van der Waals surface area contributed by atoms with Crippen molar-refractivity contribution in [2.75, 3.05) is 0 Å². The molecule has 2 aromatic rings. The van der Waals surface area contributed by atoms with Crippen LogP contribution in [0.5, 0.6) is 34.9 Å². The van der Waals surface area contributed by atoms with E-state index in [0.29, 0.717) is 0 Å². The fraction of sp³-hybridized carbons (Fsp3) is 0. The van der Waals surface area contributed by atoms with Gasteiger partial charge in [-0.2, -0.15) is 0 Å². The number of hydrogen-bond acceptors (Lipinski definition) is 12. The van der Waals surface area contributed by atoms with Crippen molar-refractivity contribution in [3.05, 3.63) is 51.7 Å². The molecule has 0 radical (unpaired) electrons. The van der Waals surface area contributed by atoms with Crippen LogP contribution in [0.3, 0.4) is 0 Å².